The molecule has 22 heavy (non-hydrogen) atoms. The van der Waals surface area contributed by atoms with Gasteiger partial charge in [0.25, 0.3) is 0 Å². The molecule has 1 atom stereocenters. The van der Waals surface area contributed by atoms with Crippen molar-refractivity contribution >= 4 is 20.0 Å². The molecule has 1 aliphatic heterocycles. The van der Waals surface area contributed by atoms with Crippen molar-refractivity contribution in [3.63, 3.8) is 0 Å². The molecule has 0 amide bonds. The number of halogens is 2. The molecular formula is C12H24F2N2O4S2. The van der Waals surface area contributed by atoms with Gasteiger partial charge >= 0.3 is 0 Å². The summed E-state index contributed by atoms with van der Waals surface area (Å²) in [5, 5.41) is 0. The van der Waals surface area contributed by atoms with Crippen LogP contribution in [0.5, 0.6) is 0 Å². The smallest absolute Gasteiger partial charge is 0.212 e. The van der Waals surface area contributed by atoms with Crippen LogP contribution in [0.2, 0.25) is 0 Å². The Kier molecular flexibility index (Phi) is 6.33. The van der Waals surface area contributed by atoms with Crippen LogP contribution >= 0.6 is 0 Å². The fourth-order valence-corrected chi connectivity index (χ4v) is 5.07. The first-order valence-corrected chi connectivity index (χ1v) is 10.3. The van der Waals surface area contributed by atoms with Gasteiger partial charge in [-0.15, -0.1) is 0 Å². The first kappa shape index (κ1) is 19.7. The normalized spacial score (nSPS) is 24.4. The summed E-state index contributed by atoms with van der Waals surface area (Å²) in [5.74, 6) is -3.91. The minimum Gasteiger partial charge on any atom is -0.212 e. The van der Waals surface area contributed by atoms with E-state index in [0.717, 1.165) is 8.61 Å². The number of hydrogen-bond donors (Lipinski definition) is 0. The summed E-state index contributed by atoms with van der Waals surface area (Å²) in [5.41, 5.74) is 0. The number of alkyl halides is 2. The van der Waals surface area contributed by atoms with Crippen molar-refractivity contribution in [1.82, 2.24) is 8.61 Å². The van der Waals surface area contributed by atoms with Gasteiger partial charge < -0.3 is 0 Å². The largest absolute Gasteiger partial charge is 0.249 e. The molecule has 0 aromatic carbocycles. The maximum Gasteiger partial charge on any atom is 0.249 e. The minimum atomic E-state index is -3.72. The van der Waals surface area contributed by atoms with Crippen molar-refractivity contribution in [2.45, 2.75) is 32.1 Å². The summed E-state index contributed by atoms with van der Waals surface area (Å²) in [6.45, 7) is 1.43. The molecule has 132 valence electrons. The van der Waals surface area contributed by atoms with Crippen LogP contribution in [0.3, 0.4) is 0 Å². The number of rotatable bonds is 6. The number of sulfonamides is 2. The lowest BCUT2D eigenvalue weighted by molar-refractivity contribution is -0.0201. The van der Waals surface area contributed by atoms with Crippen LogP contribution in [0.15, 0.2) is 0 Å². The summed E-state index contributed by atoms with van der Waals surface area (Å²) < 4.78 is 76.7. The molecular weight excluding hydrogens is 338 g/mol. The van der Waals surface area contributed by atoms with Gasteiger partial charge in [0.05, 0.1) is 11.5 Å². The molecule has 0 aromatic heterocycles. The Morgan fingerprint density at radius 1 is 1.18 bits per heavy atom. The predicted molar refractivity (Wildman–Crippen MR) is 80.8 cm³/mol. The first-order valence-electron chi connectivity index (χ1n) is 7.11. The Morgan fingerprint density at radius 3 is 2.32 bits per heavy atom. The Labute approximate surface area is 131 Å². The molecule has 1 fully saturated rings. The Balaban J connectivity index is 2.66. The third-order valence-electron chi connectivity index (χ3n) is 3.64. The summed E-state index contributed by atoms with van der Waals surface area (Å²) in [4.78, 5) is 0. The van der Waals surface area contributed by atoms with Gasteiger partial charge in [-0.3, -0.25) is 0 Å². The monoisotopic (exact) mass is 362 g/mol. The van der Waals surface area contributed by atoms with Gasteiger partial charge in [-0.2, -0.15) is 0 Å². The molecule has 1 aliphatic rings. The zero-order chi connectivity index (χ0) is 17.2. The summed E-state index contributed by atoms with van der Waals surface area (Å²) >= 11 is 0. The molecule has 1 unspecified atom stereocenters. The van der Waals surface area contributed by atoms with Crippen molar-refractivity contribution in [1.29, 1.82) is 0 Å². The molecule has 1 rings (SSSR count). The van der Waals surface area contributed by atoms with Crippen molar-refractivity contribution in [3.05, 3.63) is 0 Å². The zero-order valence-electron chi connectivity index (χ0n) is 13.1. The lowest BCUT2D eigenvalue weighted by Gasteiger charge is -2.22. The van der Waals surface area contributed by atoms with E-state index in [-0.39, 0.29) is 37.4 Å². The first-order chi connectivity index (χ1) is 9.86. The molecule has 0 saturated carbocycles. The van der Waals surface area contributed by atoms with Crippen LogP contribution in [-0.2, 0) is 20.0 Å². The quantitative estimate of drug-likeness (QED) is 0.705. The topological polar surface area (TPSA) is 74.8 Å². The second-order valence-corrected chi connectivity index (χ2v) is 10.4. The highest BCUT2D eigenvalue weighted by molar-refractivity contribution is 7.90. The second-order valence-electron chi connectivity index (χ2n) is 6.04. The summed E-state index contributed by atoms with van der Waals surface area (Å²) in [6, 6.07) is 0. The van der Waals surface area contributed by atoms with E-state index in [0.29, 0.717) is 0 Å². The van der Waals surface area contributed by atoms with Gasteiger partial charge in [0.15, 0.2) is 0 Å². The van der Waals surface area contributed by atoms with Crippen LogP contribution in [-0.4, -0.2) is 70.1 Å². The third kappa shape index (κ3) is 5.71. The molecule has 10 heteroatoms. The van der Waals surface area contributed by atoms with Crippen LogP contribution in [0.1, 0.15) is 26.2 Å². The fourth-order valence-electron chi connectivity index (χ4n) is 2.39. The molecule has 0 N–H and O–H groups in total. The van der Waals surface area contributed by atoms with E-state index in [1.165, 1.54) is 14.1 Å². The second kappa shape index (κ2) is 7.06. The van der Waals surface area contributed by atoms with Crippen LogP contribution < -0.4 is 0 Å². The molecule has 0 aromatic rings. The third-order valence-corrected chi connectivity index (χ3v) is 7.48. The van der Waals surface area contributed by atoms with E-state index in [9.17, 15) is 25.6 Å². The van der Waals surface area contributed by atoms with Crippen LogP contribution in [0, 0.1) is 5.92 Å². The molecule has 1 saturated heterocycles. The summed E-state index contributed by atoms with van der Waals surface area (Å²) in [6.07, 6.45) is -0.870. The maximum absolute atomic E-state index is 13.5. The molecule has 0 aliphatic carbocycles. The van der Waals surface area contributed by atoms with Gasteiger partial charge in [0, 0.05) is 40.0 Å². The van der Waals surface area contributed by atoms with Crippen LogP contribution in [0.25, 0.3) is 0 Å². The number of hydrogen-bond acceptors (Lipinski definition) is 4. The molecule has 1 heterocycles. The fraction of sp³-hybridized carbons (Fsp3) is 1.00. The van der Waals surface area contributed by atoms with E-state index in [1.807, 2.05) is 0 Å². The van der Waals surface area contributed by atoms with Crippen molar-refractivity contribution in [2.24, 2.45) is 5.92 Å². The molecule has 0 spiro atoms. The van der Waals surface area contributed by atoms with Gasteiger partial charge in [0.2, 0.25) is 26.0 Å². The molecule has 0 bridgehead atoms. The van der Waals surface area contributed by atoms with E-state index < -0.39 is 38.3 Å². The Bertz CT molecular complexity index is 576. The van der Waals surface area contributed by atoms with E-state index in [4.69, 9.17) is 0 Å². The predicted octanol–water partition coefficient (Wildman–Crippen LogP) is 0.965. The van der Waals surface area contributed by atoms with E-state index in [1.54, 1.807) is 6.92 Å². The lowest BCUT2D eigenvalue weighted by atomic mass is 10.0. The van der Waals surface area contributed by atoms with Crippen molar-refractivity contribution < 1.29 is 25.6 Å². The molecule has 6 nitrogen and oxygen atoms in total. The highest BCUT2D eigenvalue weighted by Gasteiger charge is 2.38. The maximum atomic E-state index is 13.5. The summed E-state index contributed by atoms with van der Waals surface area (Å²) in [7, 11) is -4.42. The standard InChI is InChI=1S/C12H24F2N2O4S2/c1-11-9-12(13,14)5-6-16(10-11)22(19,20)8-4-7-21(17,18)15(2)3/h11H,4-10H2,1-3H3. The Morgan fingerprint density at radius 2 is 1.77 bits per heavy atom. The van der Waals surface area contributed by atoms with Crippen LogP contribution in [0.4, 0.5) is 8.78 Å². The highest BCUT2D eigenvalue weighted by atomic mass is 32.2. The van der Waals surface area contributed by atoms with Gasteiger partial charge in [0.1, 0.15) is 0 Å². The van der Waals surface area contributed by atoms with E-state index >= 15 is 0 Å². The van der Waals surface area contributed by atoms with Gasteiger partial charge in [-0.25, -0.2) is 34.2 Å². The van der Waals surface area contributed by atoms with E-state index in [2.05, 4.69) is 0 Å². The lowest BCUT2D eigenvalue weighted by Crippen LogP contribution is -2.36. The molecule has 0 radical (unpaired) electrons. The van der Waals surface area contributed by atoms with Gasteiger partial charge in [-0.1, -0.05) is 6.92 Å². The van der Waals surface area contributed by atoms with Crippen molar-refractivity contribution in [2.75, 3.05) is 38.7 Å². The van der Waals surface area contributed by atoms with Gasteiger partial charge in [-0.05, 0) is 12.3 Å². The number of nitrogens with zero attached hydrogens (tertiary/aromatic N) is 2. The average Bonchev–Trinajstić information content (AvgIpc) is 2.46. The van der Waals surface area contributed by atoms with Crippen molar-refractivity contribution in [3.8, 4) is 0 Å². The highest BCUT2D eigenvalue weighted by Crippen LogP contribution is 2.31. The Hall–Kier alpha value is -0.320. The minimum absolute atomic E-state index is 0.0515. The SMILES string of the molecule is CC1CN(S(=O)(=O)CCCS(=O)(=O)N(C)C)CCC(F)(F)C1. The zero-order valence-corrected chi connectivity index (χ0v) is 14.8. The average molecular weight is 362 g/mol.